The lowest BCUT2D eigenvalue weighted by Crippen LogP contribution is -2.46. The maximum absolute atomic E-state index is 12.0. The summed E-state index contributed by atoms with van der Waals surface area (Å²) >= 11 is 0. The topological polar surface area (TPSA) is 62.3 Å². The summed E-state index contributed by atoms with van der Waals surface area (Å²) in [5.74, 6) is -0.107. The van der Waals surface area contributed by atoms with Crippen molar-refractivity contribution < 1.29 is 9.59 Å². The molecule has 2 amide bonds. The number of aromatic nitrogens is 1. The number of amides is 2. The number of nitrogens with one attached hydrogen (secondary N) is 1. The molecule has 0 aromatic carbocycles. The Kier molecular flexibility index (Phi) is 4.50. The highest BCUT2D eigenvalue weighted by molar-refractivity contribution is 5.94. The first-order valence-corrected chi connectivity index (χ1v) is 6.73. The number of nitrogens with zero attached hydrogens (tertiary/aromatic N) is 2. The summed E-state index contributed by atoms with van der Waals surface area (Å²) in [7, 11) is 0. The molecule has 0 saturated carbocycles. The third-order valence-electron chi connectivity index (χ3n) is 3.41. The molecule has 1 aliphatic heterocycles. The Labute approximate surface area is 118 Å². The normalized spacial score (nSPS) is 15.8. The summed E-state index contributed by atoms with van der Waals surface area (Å²) in [5, 5.41) is 2.98. The number of hydrogen-bond donors (Lipinski definition) is 1. The van der Waals surface area contributed by atoms with Crippen LogP contribution < -0.4 is 5.32 Å². The Balaban J connectivity index is 1.84. The van der Waals surface area contributed by atoms with Gasteiger partial charge in [-0.05, 0) is 31.9 Å². The lowest BCUT2D eigenvalue weighted by Gasteiger charge is -2.32. The minimum absolute atomic E-state index is 0.00189. The molecular formula is C15H19N3O2. The zero-order valence-electron chi connectivity index (χ0n) is 11.6. The highest BCUT2D eigenvalue weighted by atomic mass is 16.2. The lowest BCUT2D eigenvalue weighted by atomic mass is 10.0. The molecule has 20 heavy (non-hydrogen) atoms. The summed E-state index contributed by atoms with van der Waals surface area (Å²) in [6.07, 6.45) is 4.73. The van der Waals surface area contributed by atoms with Gasteiger partial charge in [-0.2, -0.15) is 0 Å². The maximum Gasteiger partial charge on any atom is 0.253 e. The fourth-order valence-electron chi connectivity index (χ4n) is 2.26. The van der Waals surface area contributed by atoms with Crippen molar-refractivity contribution in [3.63, 3.8) is 0 Å². The van der Waals surface area contributed by atoms with Crippen LogP contribution in [0.3, 0.4) is 0 Å². The van der Waals surface area contributed by atoms with Crippen LogP contribution in [0.2, 0.25) is 0 Å². The summed E-state index contributed by atoms with van der Waals surface area (Å²) in [6, 6.07) is 3.59. The van der Waals surface area contributed by atoms with Crippen molar-refractivity contribution in [2.45, 2.75) is 25.8 Å². The molecule has 0 atom stereocenters. The van der Waals surface area contributed by atoms with E-state index in [0.29, 0.717) is 24.2 Å². The zero-order chi connectivity index (χ0) is 14.5. The van der Waals surface area contributed by atoms with Crippen molar-refractivity contribution in [2.24, 2.45) is 0 Å². The lowest BCUT2D eigenvalue weighted by molar-refractivity contribution is -0.128. The molecule has 0 radical (unpaired) electrons. The minimum atomic E-state index is -0.109. The van der Waals surface area contributed by atoms with E-state index >= 15 is 0 Å². The Morgan fingerprint density at radius 1 is 1.40 bits per heavy atom. The number of piperidine rings is 1. The van der Waals surface area contributed by atoms with E-state index in [1.165, 1.54) is 0 Å². The van der Waals surface area contributed by atoms with Gasteiger partial charge in [-0.25, -0.2) is 0 Å². The first kappa shape index (κ1) is 14.2. The fourth-order valence-corrected chi connectivity index (χ4v) is 2.26. The molecular weight excluding hydrogens is 254 g/mol. The van der Waals surface area contributed by atoms with Crippen LogP contribution in [0.5, 0.6) is 0 Å². The van der Waals surface area contributed by atoms with Crippen LogP contribution in [-0.2, 0) is 4.79 Å². The van der Waals surface area contributed by atoms with Crippen molar-refractivity contribution in [1.29, 1.82) is 0 Å². The molecule has 1 aliphatic rings. The number of carbonyl (C=O) groups is 2. The third kappa shape index (κ3) is 3.44. The van der Waals surface area contributed by atoms with Gasteiger partial charge in [-0.15, -0.1) is 0 Å². The highest BCUT2D eigenvalue weighted by Gasteiger charge is 2.24. The molecule has 1 aromatic heterocycles. The average Bonchev–Trinajstić information content (AvgIpc) is 2.48. The summed E-state index contributed by atoms with van der Waals surface area (Å²) in [4.78, 5) is 29.5. The molecule has 5 heteroatoms. The molecule has 0 unspecified atom stereocenters. The molecule has 1 fully saturated rings. The van der Waals surface area contributed by atoms with Crippen LogP contribution in [0, 0.1) is 0 Å². The summed E-state index contributed by atoms with van der Waals surface area (Å²) in [5.41, 5.74) is 1.12. The standard InChI is InChI=1S/C15H19N3O2/c1-11(2)15(20)18-8-5-13(6-9-18)17-14(19)12-4-3-7-16-10-12/h3-4,7,10,13H,1,5-6,8-9H2,2H3,(H,17,19). The van der Waals surface area contributed by atoms with Crippen molar-refractivity contribution >= 4 is 11.8 Å². The smallest absolute Gasteiger partial charge is 0.253 e. The predicted molar refractivity (Wildman–Crippen MR) is 76.1 cm³/mol. The molecule has 5 nitrogen and oxygen atoms in total. The average molecular weight is 273 g/mol. The van der Waals surface area contributed by atoms with Gasteiger partial charge in [0.2, 0.25) is 5.91 Å². The van der Waals surface area contributed by atoms with Crippen LogP contribution in [0.4, 0.5) is 0 Å². The molecule has 0 aliphatic carbocycles. The van der Waals surface area contributed by atoms with E-state index in [4.69, 9.17) is 0 Å². The van der Waals surface area contributed by atoms with Crippen LogP contribution in [-0.4, -0.2) is 40.8 Å². The Bertz CT molecular complexity index is 505. The molecule has 0 spiro atoms. The largest absolute Gasteiger partial charge is 0.349 e. The van der Waals surface area contributed by atoms with Gasteiger partial charge in [-0.3, -0.25) is 14.6 Å². The summed E-state index contributed by atoms with van der Waals surface area (Å²) < 4.78 is 0. The molecule has 1 saturated heterocycles. The maximum atomic E-state index is 12.0. The molecule has 1 N–H and O–H groups in total. The Hall–Kier alpha value is -2.17. The minimum Gasteiger partial charge on any atom is -0.349 e. The molecule has 0 bridgehead atoms. The number of likely N-dealkylation sites (tertiary alicyclic amines) is 1. The van der Waals surface area contributed by atoms with E-state index < -0.39 is 0 Å². The van der Waals surface area contributed by atoms with Gasteiger partial charge in [-0.1, -0.05) is 6.58 Å². The number of rotatable bonds is 3. The van der Waals surface area contributed by atoms with Gasteiger partial charge in [0, 0.05) is 37.1 Å². The van der Waals surface area contributed by atoms with E-state index in [9.17, 15) is 9.59 Å². The second-order valence-corrected chi connectivity index (χ2v) is 5.06. The van der Waals surface area contributed by atoms with Gasteiger partial charge >= 0.3 is 0 Å². The number of pyridine rings is 1. The van der Waals surface area contributed by atoms with Crippen LogP contribution in [0.15, 0.2) is 36.7 Å². The predicted octanol–water partition coefficient (Wildman–Crippen LogP) is 1.38. The SMILES string of the molecule is C=C(C)C(=O)N1CCC(NC(=O)c2cccnc2)CC1. The van der Waals surface area contributed by atoms with Gasteiger partial charge in [0.25, 0.3) is 5.91 Å². The summed E-state index contributed by atoms with van der Waals surface area (Å²) in [6.45, 7) is 6.70. The van der Waals surface area contributed by atoms with Gasteiger partial charge in [0.1, 0.15) is 0 Å². The molecule has 106 valence electrons. The second-order valence-electron chi connectivity index (χ2n) is 5.06. The van der Waals surface area contributed by atoms with E-state index in [-0.39, 0.29) is 17.9 Å². The van der Waals surface area contributed by atoms with Crippen molar-refractivity contribution in [3.8, 4) is 0 Å². The Morgan fingerprint density at radius 3 is 2.65 bits per heavy atom. The van der Waals surface area contributed by atoms with Crippen LogP contribution >= 0.6 is 0 Å². The Morgan fingerprint density at radius 2 is 2.10 bits per heavy atom. The van der Waals surface area contributed by atoms with E-state index in [0.717, 1.165) is 12.8 Å². The van der Waals surface area contributed by atoms with E-state index in [2.05, 4.69) is 16.9 Å². The van der Waals surface area contributed by atoms with E-state index in [1.807, 2.05) is 0 Å². The highest BCUT2D eigenvalue weighted by Crippen LogP contribution is 2.13. The monoisotopic (exact) mass is 273 g/mol. The van der Waals surface area contributed by atoms with Crippen molar-refractivity contribution in [1.82, 2.24) is 15.2 Å². The van der Waals surface area contributed by atoms with E-state index in [1.54, 1.807) is 36.4 Å². The van der Waals surface area contributed by atoms with Crippen molar-refractivity contribution in [2.75, 3.05) is 13.1 Å². The third-order valence-corrected chi connectivity index (χ3v) is 3.41. The van der Waals surface area contributed by atoms with Gasteiger partial charge < -0.3 is 10.2 Å². The molecule has 2 heterocycles. The number of carbonyl (C=O) groups excluding carboxylic acids is 2. The fraction of sp³-hybridized carbons (Fsp3) is 0.400. The quantitative estimate of drug-likeness (QED) is 0.846. The number of hydrogen-bond acceptors (Lipinski definition) is 3. The molecule has 1 aromatic rings. The zero-order valence-corrected chi connectivity index (χ0v) is 11.6. The van der Waals surface area contributed by atoms with Crippen LogP contribution in [0.1, 0.15) is 30.1 Å². The van der Waals surface area contributed by atoms with Gasteiger partial charge in [0.05, 0.1) is 5.56 Å². The first-order valence-electron chi connectivity index (χ1n) is 6.73. The first-order chi connectivity index (χ1) is 9.58. The van der Waals surface area contributed by atoms with Gasteiger partial charge in [0.15, 0.2) is 0 Å². The second kappa shape index (κ2) is 6.32. The van der Waals surface area contributed by atoms with Crippen LogP contribution in [0.25, 0.3) is 0 Å². The molecule has 2 rings (SSSR count). The van der Waals surface area contributed by atoms with Crippen molar-refractivity contribution in [3.05, 3.63) is 42.2 Å².